The summed E-state index contributed by atoms with van der Waals surface area (Å²) < 4.78 is 0. The summed E-state index contributed by atoms with van der Waals surface area (Å²) in [5.41, 5.74) is 2.37. The van der Waals surface area contributed by atoms with Crippen molar-refractivity contribution in [3.05, 3.63) is 53.3 Å². The van der Waals surface area contributed by atoms with Crippen LogP contribution in [0.5, 0.6) is 0 Å². The van der Waals surface area contributed by atoms with E-state index < -0.39 is 0 Å². The number of carbonyl (C=O) groups excluding carboxylic acids is 1. The maximum atomic E-state index is 13.0. The molecule has 0 radical (unpaired) electrons. The van der Waals surface area contributed by atoms with E-state index in [0.29, 0.717) is 24.2 Å². The molecule has 1 heterocycles. The summed E-state index contributed by atoms with van der Waals surface area (Å²) in [5, 5.41) is 3.28. The lowest BCUT2D eigenvalue weighted by atomic mass is 10.1. The van der Waals surface area contributed by atoms with Crippen molar-refractivity contribution >= 4 is 11.9 Å². The Labute approximate surface area is 143 Å². The average molecular weight is 324 g/mol. The molecule has 1 fully saturated rings. The molecule has 0 aliphatic heterocycles. The summed E-state index contributed by atoms with van der Waals surface area (Å²) in [6.07, 6.45) is 2.29. The fourth-order valence-corrected chi connectivity index (χ4v) is 2.57. The SMILES string of the molecule is Cc1cc(C(=O)N(Cc2ccccc2)C(C)C)nc(NC2CC2)n1. The van der Waals surface area contributed by atoms with Gasteiger partial charge >= 0.3 is 0 Å². The predicted molar refractivity (Wildman–Crippen MR) is 94.9 cm³/mol. The van der Waals surface area contributed by atoms with E-state index in [2.05, 4.69) is 15.3 Å². The van der Waals surface area contributed by atoms with Gasteiger partial charge in [0.15, 0.2) is 0 Å². The number of aromatic nitrogens is 2. The second-order valence-electron chi connectivity index (χ2n) is 6.65. The Balaban J connectivity index is 1.82. The largest absolute Gasteiger partial charge is 0.351 e. The predicted octanol–water partition coefficient (Wildman–Crippen LogP) is 3.41. The minimum Gasteiger partial charge on any atom is -0.351 e. The van der Waals surface area contributed by atoms with E-state index in [4.69, 9.17) is 0 Å². The van der Waals surface area contributed by atoms with E-state index in [9.17, 15) is 4.79 Å². The van der Waals surface area contributed by atoms with E-state index in [1.54, 1.807) is 6.07 Å². The molecule has 0 saturated heterocycles. The Bertz CT molecular complexity index is 711. The van der Waals surface area contributed by atoms with Crippen molar-refractivity contribution in [2.45, 2.75) is 52.2 Å². The van der Waals surface area contributed by atoms with Gasteiger partial charge < -0.3 is 10.2 Å². The third kappa shape index (κ3) is 4.10. The zero-order chi connectivity index (χ0) is 17.1. The van der Waals surface area contributed by atoms with Crippen LogP contribution in [0.3, 0.4) is 0 Å². The number of benzene rings is 1. The van der Waals surface area contributed by atoms with Crippen molar-refractivity contribution in [1.82, 2.24) is 14.9 Å². The van der Waals surface area contributed by atoms with Crippen molar-refractivity contribution in [1.29, 1.82) is 0 Å². The molecule has 24 heavy (non-hydrogen) atoms. The second-order valence-corrected chi connectivity index (χ2v) is 6.65. The van der Waals surface area contributed by atoms with E-state index in [-0.39, 0.29) is 11.9 Å². The first-order valence-corrected chi connectivity index (χ1v) is 8.50. The topological polar surface area (TPSA) is 58.1 Å². The van der Waals surface area contributed by atoms with Gasteiger partial charge in [-0.25, -0.2) is 9.97 Å². The summed E-state index contributed by atoms with van der Waals surface area (Å²) in [5.74, 6) is 0.502. The van der Waals surface area contributed by atoms with Gasteiger partial charge in [0, 0.05) is 24.3 Å². The second kappa shape index (κ2) is 6.99. The molecule has 1 aliphatic rings. The molecule has 1 amide bonds. The van der Waals surface area contributed by atoms with Crippen LogP contribution in [0.2, 0.25) is 0 Å². The number of amides is 1. The summed E-state index contributed by atoms with van der Waals surface area (Å²) in [4.78, 5) is 23.7. The van der Waals surface area contributed by atoms with Crippen LogP contribution in [-0.4, -0.2) is 32.9 Å². The van der Waals surface area contributed by atoms with Crippen molar-refractivity contribution in [2.75, 3.05) is 5.32 Å². The minimum atomic E-state index is -0.0572. The van der Waals surface area contributed by atoms with Gasteiger partial charge in [0.25, 0.3) is 5.91 Å². The van der Waals surface area contributed by atoms with E-state index in [0.717, 1.165) is 24.1 Å². The fourth-order valence-electron chi connectivity index (χ4n) is 2.57. The molecular formula is C19H24N4O. The molecule has 1 saturated carbocycles. The van der Waals surface area contributed by atoms with Crippen molar-refractivity contribution in [2.24, 2.45) is 0 Å². The lowest BCUT2D eigenvalue weighted by Gasteiger charge is -2.26. The van der Waals surface area contributed by atoms with E-state index >= 15 is 0 Å². The third-order valence-corrected chi connectivity index (χ3v) is 4.06. The lowest BCUT2D eigenvalue weighted by molar-refractivity contribution is 0.0684. The molecule has 2 aromatic rings. The number of hydrogen-bond donors (Lipinski definition) is 1. The first kappa shape index (κ1) is 16.4. The number of aryl methyl sites for hydroxylation is 1. The van der Waals surface area contributed by atoms with E-state index in [1.165, 1.54) is 0 Å². The zero-order valence-corrected chi connectivity index (χ0v) is 14.5. The van der Waals surface area contributed by atoms with Crippen LogP contribution in [0, 0.1) is 6.92 Å². The third-order valence-electron chi connectivity index (χ3n) is 4.06. The van der Waals surface area contributed by atoms with Gasteiger partial charge in [-0.3, -0.25) is 4.79 Å². The normalized spacial score (nSPS) is 13.8. The molecule has 0 bridgehead atoms. The lowest BCUT2D eigenvalue weighted by Crippen LogP contribution is -2.37. The molecule has 0 atom stereocenters. The number of anilines is 1. The smallest absolute Gasteiger partial charge is 0.273 e. The number of hydrogen-bond acceptors (Lipinski definition) is 4. The van der Waals surface area contributed by atoms with Gasteiger partial charge in [0.05, 0.1) is 0 Å². The van der Waals surface area contributed by atoms with Crippen LogP contribution in [0.1, 0.15) is 48.4 Å². The quantitative estimate of drug-likeness (QED) is 0.884. The summed E-state index contributed by atoms with van der Waals surface area (Å²) in [6, 6.07) is 12.3. The Hall–Kier alpha value is -2.43. The number of carbonyl (C=O) groups is 1. The first-order valence-electron chi connectivity index (χ1n) is 8.50. The molecule has 3 rings (SSSR count). The standard InChI is InChI=1S/C19H24N4O/c1-13(2)23(12-15-7-5-4-6-8-15)18(24)17-11-14(3)20-19(22-17)21-16-9-10-16/h4-8,11,13,16H,9-10,12H2,1-3H3,(H,20,21,22). The Kier molecular flexibility index (Phi) is 4.79. The molecule has 1 aliphatic carbocycles. The molecule has 1 N–H and O–H groups in total. The summed E-state index contributed by atoms with van der Waals surface area (Å²) in [7, 11) is 0. The van der Waals surface area contributed by atoms with Crippen LogP contribution in [0.4, 0.5) is 5.95 Å². The summed E-state index contributed by atoms with van der Waals surface area (Å²) in [6.45, 7) is 6.52. The van der Waals surface area contributed by atoms with Gasteiger partial charge in [-0.05, 0) is 45.2 Å². The molecule has 1 aromatic carbocycles. The van der Waals surface area contributed by atoms with Gasteiger partial charge in [-0.15, -0.1) is 0 Å². The Morgan fingerprint density at radius 3 is 2.58 bits per heavy atom. The first-order chi connectivity index (χ1) is 11.5. The number of nitrogens with one attached hydrogen (secondary N) is 1. The molecule has 0 spiro atoms. The Morgan fingerprint density at radius 2 is 1.96 bits per heavy atom. The summed E-state index contributed by atoms with van der Waals surface area (Å²) >= 11 is 0. The molecule has 1 aromatic heterocycles. The van der Waals surface area contributed by atoms with E-state index in [1.807, 2.05) is 56.0 Å². The molecule has 5 heteroatoms. The molecular weight excluding hydrogens is 300 g/mol. The van der Waals surface area contributed by atoms with Crippen LogP contribution in [0.15, 0.2) is 36.4 Å². The minimum absolute atomic E-state index is 0.0572. The fraction of sp³-hybridized carbons (Fsp3) is 0.421. The van der Waals surface area contributed by atoms with Crippen LogP contribution >= 0.6 is 0 Å². The highest BCUT2D eigenvalue weighted by molar-refractivity contribution is 5.92. The van der Waals surface area contributed by atoms with Gasteiger partial charge in [0.1, 0.15) is 5.69 Å². The zero-order valence-electron chi connectivity index (χ0n) is 14.5. The highest BCUT2D eigenvalue weighted by Gasteiger charge is 2.24. The molecule has 5 nitrogen and oxygen atoms in total. The maximum absolute atomic E-state index is 13.0. The van der Waals surface area contributed by atoms with Crippen LogP contribution in [-0.2, 0) is 6.54 Å². The Morgan fingerprint density at radius 1 is 1.25 bits per heavy atom. The average Bonchev–Trinajstić information content (AvgIpc) is 3.36. The maximum Gasteiger partial charge on any atom is 0.273 e. The van der Waals surface area contributed by atoms with Crippen LogP contribution in [0.25, 0.3) is 0 Å². The molecule has 0 unspecified atom stereocenters. The van der Waals surface area contributed by atoms with Gasteiger partial charge in [0.2, 0.25) is 5.95 Å². The highest BCUT2D eigenvalue weighted by atomic mass is 16.2. The monoisotopic (exact) mass is 324 g/mol. The van der Waals surface area contributed by atoms with Crippen LogP contribution < -0.4 is 5.32 Å². The van der Waals surface area contributed by atoms with Crippen molar-refractivity contribution in [3.8, 4) is 0 Å². The van der Waals surface area contributed by atoms with Crippen molar-refractivity contribution < 1.29 is 4.79 Å². The van der Waals surface area contributed by atoms with Crippen molar-refractivity contribution in [3.63, 3.8) is 0 Å². The molecule has 126 valence electrons. The van der Waals surface area contributed by atoms with Gasteiger partial charge in [-0.2, -0.15) is 0 Å². The highest BCUT2D eigenvalue weighted by Crippen LogP contribution is 2.23. The van der Waals surface area contributed by atoms with Gasteiger partial charge in [-0.1, -0.05) is 30.3 Å². The number of nitrogens with zero attached hydrogens (tertiary/aromatic N) is 3. The number of rotatable bonds is 6.